The molecule has 0 aliphatic heterocycles. The summed E-state index contributed by atoms with van der Waals surface area (Å²) in [6.07, 6.45) is 3.30. The summed E-state index contributed by atoms with van der Waals surface area (Å²) < 4.78 is 0. The number of carbonyl (C=O) groups is 1. The lowest BCUT2D eigenvalue weighted by Gasteiger charge is -1.97. The quantitative estimate of drug-likeness (QED) is 0.516. The van der Waals surface area contributed by atoms with E-state index in [0.717, 1.165) is 5.56 Å². The molecule has 2 aromatic rings. The molecule has 2 rings (SSSR count). The number of allylic oxidation sites excluding steroid dienone is 1. The third kappa shape index (κ3) is 3.22. The summed E-state index contributed by atoms with van der Waals surface area (Å²) in [5.74, 6) is -0.0510. The Labute approximate surface area is 111 Å². The predicted octanol–water partition coefficient (Wildman–Crippen LogP) is 3.82. The van der Waals surface area contributed by atoms with E-state index in [1.807, 2.05) is 12.1 Å². The first kappa shape index (κ1) is 12.4. The molecule has 0 atom stereocenters. The van der Waals surface area contributed by atoms with E-state index in [-0.39, 0.29) is 5.78 Å². The molecule has 0 spiro atoms. The maximum atomic E-state index is 11.8. The Bertz CT molecular complexity index is 570. The number of benzene rings is 2. The zero-order valence-corrected chi connectivity index (χ0v) is 10.4. The van der Waals surface area contributed by atoms with Gasteiger partial charge in [-0.3, -0.25) is 4.79 Å². The molecule has 18 heavy (non-hydrogen) atoms. The number of ketones is 1. The topological polar surface area (TPSA) is 43.1 Å². The van der Waals surface area contributed by atoms with Crippen LogP contribution in [0.15, 0.2) is 54.6 Å². The molecule has 0 aliphatic rings. The van der Waals surface area contributed by atoms with Crippen molar-refractivity contribution >= 4 is 29.1 Å². The van der Waals surface area contributed by atoms with E-state index in [1.54, 1.807) is 42.5 Å². The van der Waals surface area contributed by atoms with E-state index >= 15 is 0 Å². The molecule has 2 aromatic carbocycles. The Balaban J connectivity index is 2.11. The van der Waals surface area contributed by atoms with Crippen LogP contribution in [-0.2, 0) is 0 Å². The van der Waals surface area contributed by atoms with Crippen LogP contribution in [0.4, 0.5) is 5.69 Å². The minimum Gasteiger partial charge on any atom is -0.399 e. The Kier molecular flexibility index (Phi) is 3.80. The summed E-state index contributed by atoms with van der Waals surface area (Å²) in [6, 6.07) is 14.1. The SMILES string of the molecule is Nc1ccc(C(=O)C=Cc2ccc(Cl)cc2)cc1. The van der Waals surface area contributed by atoms with Gasteiger partial charge in [-0.1, -0.05) is 29.8 Å². The highest BCUT2D eigenvalue weighted by atomic mass is 35.5. The summed E-state index contributed by atoms with van der Waals surface area (Å²) in [7, 11) is 0. The van der Waals surface area contributed by atoms with Gasteiger partial charge in [0.1, 0.15) is 0 Å². The molecule has 3 heteroatoms. The van der Waals surface area contributed by atoms with Gasteiger partial charge in [-0.05, 0) is 48.0 Å². The number of carbonyl (C=O) groups excluding carboxylic acids is 1. The Morgan fingerprint density at radius 1 is 1.00 bits per heavy atom. The molecular formula is C15H12ClNO. The van der Waals surface area contributed by atoms with Gasteiger partial charge in [-0.15, -0.1) is 0 Å². The number of anilines is 1. The van der Waals surface area contributed by atoms with Gasteiger partial charge in [0.05, 0.1) is 0 Å². The van der Waals surface area contributed by atoms with E-state index in [9.17, 15) is 4.79 Å². The molecule has 0 bridgehead atoms. The first-order valence-electron chi connectivity index (χ1n) is 5.49. The number of nitrogens with two attached hydrogens (primary N) is 1. The molecule has 90 valence electrons. The van der Waals surface area contributed by atoms with Crippen molar-refractivity contribution < 1.29 is 4.79 Å². The normalized spacial score (nSPS) is 10.7. The van der Waals surface area contributed by atoms with E-state index in [4.69, 9.17) is 17.3 Å². The lowest BCUT2D eigenvalue weighted by atomic mass is 10.1. The molecule has 0 unspecified atom stereocenters. The van der Waals surface area contributed by atoms with Crippen LogP contribution in [-0.4, -0.2) is 5.78 Å². The Morgan fingerprint density at radius 3 is 2.22 bits per heavy atom. The molecule has 0 heterocycles. The number of hydrogen-bond acceptors (Lipinski definition) is 2. The van der Waals surface area contributed by atoms with Crippen LogP contribution in [0.3, 0.4) is 0 Å². The summed E-state index contributed by atoms with van der Waals surface area (Å²) in [5, 5.41) is 0.678. The maximum absolute atomic E-state index is 11.8. The minimum absolute atomic E-state index is 0.0510. The molecular weight excluding hydrogens is 246 g/mol. The second-order valence-corrected chi connectivity index (χ2v) is 4.31. The lowest BCUT2D eigenvalue weighted by Crippen LogP contribution is -1.94. The molecule has 0 aliphatic carbocycles. The number of halogens is 1. The summed E-state index contributed by atoms with van der Waals surface area (Å²) in [4.78, 5) is 11.8. The highest BCUT2D eigenvalue weighted by Gasteiger charge is 2.00. The number of nitrogen functional groups attached to an aromatic ring is 1. The average Bonchev–Trinajstić information content (AvgIpc) is 2.38. The van der Waals surface area contributed by atoms with E-state index in [1.165, 1.54) is 6.08 Å². The van der Waals surface area contributed by atoms with Gasteiger partial charge >= 0.3 is 0 Å². The fourth-order valence-electron chi connectivity index (χ4n) is 1.49. The Morgan fingerprint density at radius 2 is 1.61 bits per heavy atom. The maximum Gasteiger partial charge on any atom is 0.185 e. The molecule has 0 radical (unpaired) electrons. The molecule has 0 saturated carbocycles. The van der Waals surface area contributed by atoms with Crippen LogP contribution in [0, 0.1) is 0 Å². The van der Waals surface area contributed by atoms with Gasteiger partial charge in [0.2, 0.25) is 0 Å². The van der Waals surface area contributed by atoms with Gasteiger partial charge in [-0.25, -0.2) is 0 Å². The molecule has 0 saturated heterocycles. The van der Waals surface area contributed by atoms with Crippen LogP contribution in [0.5, 0.6) is 0 Å². The van der Waals surface area contributed by atoms with Crippen LogP contribution >= 0.6 is 11.6 Å². The Hall–Kier alpha value is -2.06. The van der Waals surface area contributed by atoms with Crippen LogP contribution in [0.1, 0.15) is 15.9 Å². The zero-order chi connectivity index (χ0) is 13.0. The number of hydrogen-bond donors (Lipinski definition) is 1. The summed E-state index contributed by atoms with van der Waals surface area (Å²) in [5.41, 5.74) is 7.76. The molecule has 0 fully saturated rings. The van der Waals surface area contributed by atoms with Crippen LogP contribution in [0.2, 0.25) is 5.02 Å². The average molecular weight is 258 g/mol. The van der Waals surface area contributed by atoms with Crippen molar-refractivity contribution in [3.05, 3.63) is 70.8 Å². The minimum atomic E-state index is -0.0510. The highest BCUT2D eigenvalue weighted by molar-refractivity contribution is 6.30. The predicted molar refractivity (Wildman–Crippen MR) is 75.7 cm³/mol. The molecule has 0 aromatic heterocycles. The van der Waals surface area contributed by atoms with Gasteiger partial charge in [0.15, 0.2) is 5.78 Å². The molecule has 2 nitrogen and oxygen atoms in total. The monoisotopic (exact) mass is 257 g/mol. The third-order valence-electron chi connectivity index (χ3n) is 2.49. The van der Waals surface area contributed by atoms with E-state index in [2.05, 4.69) is 0 Å². The largest absolute Gasteiger partial charge is 0.399 e. The van der Waals surface area contributed by atoms with Gasteiger partial charge in [-0.2, -0.15) is 0 Å². The van der Waals surface area contributed by atoms with Crippen molar-refractivity contribution in [2.24, 2.45) is 0 Å². The zero-order valence-electron chi connectivity index (χ0n) is 9.64. The van der Waals surface area contributed by atoms with Crippen molar-refractivity contribution in [3.8, 4) is 0 Å². The fraction of sp³-hybridized carbons (Fsp3) is 0. The third-order valence-corrected chi connectivity index (χ3v) is 2.74. The molecule has 0 amide bonds. The van der Waals surface area contributed by atoms with E-state index < -0.39 is 0 Å². The van der Waals surface area contributed by atoms with Gasteiger partial charge in [0.25, 0.3) is 0 Å². The number of rotatable bonds is 3. The standard InChI is InChI=1S/C15H12ClNO/c16-13-6-1-11(2-7-13)3-10-15(18)12-4-8-14(17)9-5-12/h1-10H,17H2. The van der Waals surface area contributed by atoms with Crippen molar-refractivity contribution in [3.63, 3.8) is 0 Å². The van der Waals surface area contributed by atoms with E-state index in [0.29, 0.717) is 16.3 Å². The van der Waals surface area contributed by atoms with Crippen LogP contribution < -0.4 is 5.73 Å². The van der Waals surface area contributed by atoms with Crippen LogP contribution in [0.25, 0.3) is 6.08 Å². The van der Waals surface area contributed by atoms with Crippen molar-refractivity contribution in [2.45, 2.75) is 0 Å². The second-order valence-electron chi connectivity index (χ2n) is 3.87. The second kappa shape index (κ2) is 5.52. The van der Waals surface area contributed by atoms with Gasteiger partial charge in [0, 0.05) is 16.3 Å². The van der Waals surface area contributed by atoms with Crippen molar-refractivity contribution in [1.82, 2.24) is 0 Å². The fourth-order valence-corrected chi connectivity index (χ4v) is 1.62. The lowest BCUT2D eigenvalue weighted by molar-refractivity contribution is 0.104. The van der Waals surface area contributed by atoms with Crippen molar-refractivity contribution in [2.75, 3.05) is 5.73 Å². The molecule has 2 N–H and O–H groups in total. The summed E-state index contributed by atoms with van der Waals surface area (Å²) >= 11 is 5.78. The first-order chi connectivity index (χ1) is 8.65. The van der Waals surface area contributed by atoms with Crippen molar-refractivity contribution in [1.29, 1.82) is 0 Å². The smallest absolute Gasteiger partial charge is 0.185 e. The van der Waals surface area contributed by atoms with Gasteiger partial charge < -0.3 is 5.73 Å². The summed E-state index contributed by atoms with van der Waals surface area (Å²) in [6.45, 7) is 0. The first-order valence-corrected chi connectivity index (χ1v) is 5.86. The highest BCUT2D eigenvalue weighted by Crippen LogP contribution is 2.12.